The molecular formula is C13H23BrN4O2S. The molecule has 0 radical (unpaired) electrons. The van der Waals surface area contributed by atoms with Crippen LogP contribution in [0.5, 0.6) is 0 Å². The molecule has 6 nitrogen and oxygen atoms in total. The molecule has 1 aromatic heterocycles. The number of sulfonamides is 1. The highest BCUT2D eigenvalue weighted by molar-refractivity contribution is 9.10. The van der Waals surface area contributed by atoms with Crippen molar-refractivity contribution in [1.82, 2.24) is 9.29 Å². The van der Waals surface area contributed by atoms with Crippen molar-refractivity contribution in [2.24, 2.45) is 5.84 Å². The fourth-order valence-corrected chi connectivity index (χ4v) is 4.32. The summed E-state index contributed by atoms with van der Waals surface area (Å²) in [6.07, 6.45) is 4.38. The van der Waals surface area contributed by atoms with Gasteiger partial charge in [0.25, 0.3) is 0 Å². The van der Waals surface area contributed by atoms with Crippen molar-refractivity contribution in [3.8, 4) is 0 Å². The molecule has 0 atom stereocenters. The smallest absolute Gasteiger partial charge is 0.247 e. The normalized spacial score (nSPS) is 12.1. The van der Waals surface area contributed by atoms with Gasteiger partial charge < -0.3 is 5.43 Å². The highest BCUT2D eigenvalue weighted by Gasteiger charge is 2.29. The van der Waals surface area contributed by atoms with E-state index in [-0.39, 0.29) is 16.8 Å². The van der Waals surface area contributed by atoms with Gasteiger partial charge in [-0.25, -0.2) is 19.2 Å². The number of nitrogen functional groups attached to an aromatic ring is 1. The molecular weight excluding hydrogens is 356 g/mol. The Morgan fingerprint density at radius 1 is 1.43 bits per heavy atom. The molecule has 0 unspecified atom stereocenters. The summed E-state index contributed by atoms with van der Waals surface area (Å²) in [5.41, 5.74) is 2.35. The van der Waals surface area contributed by atoms with Crippen LogP contribution in [0.3, 0.4) is 0 Å². The maximum Gasteiger partial charge on any atom is 0.247 e. The van der Waals surface area contributed by atoms with E-state index < -0.39 is 10.0 Å². The van der Waals surface area contributed by atoms with Crippen LogP contribution < -0.4 is 11.3 Å². The van der Waals surface area contributed by atoms with Crippen molar-refractivity contribution in [3.05, 3.63) is 16.7 Å². The Morgan fingerprint density at radius 2 is 2.10 bits per heavy atom. The van der Waals surface area contributed by atoms with Gasteiger partial charge in [-0.2, -0.15) is 4.31 Å². The SMILES string of the molecule is CCCCCN(C(C)C)S(=O)(=O)c1cc(Br)cnc1NN. The lowest BCUT2D eigenvalue weighted by molar-refractivity contribution is 0.345. The maximum atomic E-state index is 12.9. The van der Waals surface area contributed by atoms with Crippen LogP contribution in [0.1, 0.15) is 40.0 Å². The monoisotopic (exact) mass is 378 g/mol. The number of rotatable bonds is 8. The molecule has 1 heterocycles. The number of nitrogens with zero attached hydrogens (tertiary/aromatic N) is 2. The third-order valence-electron chi connectivity index (χ3n) is 3.10. The quantitative estimate of drug-likeness (QED) is 0.412. The second kappa shape index (κ2) is 8.07. The van der Waals surface area contributed by atoms with E-state index in [0.717, 1.165) is 19.3 Å². The largest absolute Gasteiger partial charge is 0.307 e. The van der Waals surface area contributed by atoms with E-state index in [1.165, 1.54) is 16.6 Å². The highest BCUT2D eigenvalue weighted by atomic mass is 79.9. The minimum Gasteiger partial charge on any atom is -0.307 e. The number of unbranched alkanes of at least 4 members (excludes halogenated alkanes) is 2. The van der Waals surface area contributed by atoms with Crippen molar-refractivity contribution >= 4 is 31.8 Å². The van der Waals surface area contributed by atoms with Gasteiger partial charge in [0.1, 0.15) is 4.90 Å². The van der Waals surface area contributed by atoms with Crippen molar-refractivity contribution in [1.29, 1.82) is 0 Å². The first-order valence-corrected chi connectivity index (χ1v) is 9.21. The Kier molecular flexibility index (Phi) is 7.05. The first-order chi connectivity index (χ1) is 9.84. The molecule has 0 aliphatic rings. The lowest BCUT2D eigenvalue weighted by Gasteiger charge is -2.26. The Balaban J connectivity index is 3.19. The second-order valence-electron chi connectivity index (χ2n) is 5.06. The van der Waals surface area contributed by atoms with Crippen molar-refractivity contribution in [2.45, 2.75) is 51.0 Å². The van der Waals surface area contributed by atoms with Crippen molar-refractivity contribution in [2.75, 3.05) is 12.0 Å². The predicted molar refractivity (Wildman–Crippen MR) is 88.3 cm³/mol. The molecule has 0 aliphatic carbocycles. The van der Waals surface area contributed by atoms with Crippen LogP contribution in [-0.2, 0) is 10.0 Å². The molecule has 0 saturated heterocycles. The summed E-state index contributed by atoms with van der Waals surface area (Å²) in [4.78, 5) is 4.10. The van der Waals surface area contributed by atoms with E-state index in [2.05, 4.69) is 33.3 Å². The Hall–Kier alpha value is -0.700. The number of hydrogen-bond acceptors (Lipinski definition) is 5. The van der Waals surface area contributed by atoms with Crippen LogP contribution in [0.15, 0.2) is 21.6 Å². The zero-order chi connectivity index (χ0) is 16.0. The third kappa shape index (κ3) is 4.64. The third-order valence-corrected chi connectivity index (χ3v) is 5.62. The summed E-state index contributed by atoms with van der Waals surface area (Å²) < 4.78 is 27.8. The molecule has 0 saturated carbocycles. The zero-order valence-corrected chi connectivity index (χ0v) is 15.0. The predicted octanol–water partition coefficient (Wildman–Crippen LogP) is 2.72. The first-order valence-electron chi connectivity index (χ1n) is 6.98. The van der Waals surface area contributed by atoms with Crippen molar-refractivity contribution in [3.63, 3.8) is 0 Å². The van der Waals surface area contributed by atoms with Gasteiger partial charge in [0, 0.05) is 23.3 Å². The van der Waals surface area contributed by atoms with E-state index in [0.29, 0.717) is 11.0 Å². The average Bonchev–Trinajstić information content (AvgIpc) is 2.42. The lowest BCUT2D eigenvalue weighted by Crippen LogP contribution is -2.38. The summed E-state index contributed by atoms with van der Waals surface area (Å²) >= 11 is 3.25. The van der Waals surface area contributed by atoms with E-state index in [1.807, 2.05) is 13.8 Å². The molecule has 1 aromatic rings. The molecule has 21 heavy (non-hydrogen) atoms. The van der Waals surface area contributed by atoms with Gasteiger partial charge in [0.2, 0.25) is 10.0 Å². The fourth-order valence-electron chi connectivity index (χ4n) is 2.03. The summed E-state index contributed by atoms with van der Waals surface area (Å²) in [5, 5.41) is 0. The number of pyridine rings is 1. The van der Waals surface area contributed by atoms with Crippen molar-refractivity contribution < 1.29 is 8.42 Å². The van der Waals surface area contributed by atoms with E-state index in [9.17, 15) is 8.42 Å². The topological polar surface area (TPSA) is 88.3 Å². The maximum absolute atomic E-state index is 12.9. The van der Waals surface area contributed by atoms with Crippen LogP contribution in [0, 0.1) is 0 Å². The molecule has 1 rings (SSSR count). The number of hydrazine groups is 1. The van der Waals surface area contributed by atoms with Crippen LogP contribution in [0.2, 0.25) is 0 Å². The Morgan fingerprint density at radius 3 is 2.62 bits per heavy atom. The van der Waals surface area contributed by atoms with Gasteiger partial charge in [-0.1, -0.05) is 19.8 Å². The number of anilines is 1. The van der Waals surface area contributed by atoms with Crippen LogP contribution >= 0.6 is 15.9 Å². The number of nitrogens with two attached hydrogens (primary N) is 1. The second-order valence-corrected chi connectivity index (χ2v) is 7.84. The lowest BCUT2D eigenvalue weighted by atomic mass is 10.2. The molecule has 0 aliphatic heterocycles. The van der Waals surface area contributed by atoms with E-state index in [1.54, 1.807) is 0 Å². The molecule has 120 valence electrons. The van der Waals surface area contributed by atoms with Gasteiger partial charge in [-0.15, -0.1) is 0 Å². The van der Waals surface area contributed by atoms with Gasteiger partial charge >= 0.3 is 0 Å². The molecule has 0 amide bonds. The van der Waals surface area contributed by atoms with Gasteiger partial charge in [-0.3, -0.25) is 0 Å². The molecule has 0 aromatic carbocycles. The number of halogens is 1. The summed E-state index contributed by atoms with van der Waals surface area (Å²) in [7, 11) is -3.65. The molecule has 8 heteroatoms. The fraction of sp³-hybridized carbons (Fsp3) is 0.615. The standard InChI is InChI=1S/C13H23BrN4O2S/c1-4-5-6-7-18(10(2)3)21(19,20)12-8-11(14)9-16-13(12)17-15/h8-10H,4-7,15H2,1-3H3,(H,16,17). The molecule has 0 fully saturated rings. The van der Waals surface area contributed by atoms with Gasteiger partial charge in [0.05, 0.1) is 0 Å². The average molecular weight is 379 g/mol. The number of aromatic nitrogens is 1. The minimum atomic E-state index is -3.65. The van der Waals surface area contributed by atoms with Crippen LogP contribution in [0.4, 0.5) is 5.82 Å². The summed E-state index contributed by atoms with van der Waals surface area (Å²) in [6.45, 7) is 6.31. The van der Waals surface area contributed by atoms with E-state index in [4.69, 9.17) is 5.84 Å². The highest BCUT2D eigenvalue weighted by Crippen LogP contribution is 2.27. The first kappa shape index (κ1) is 18.3. The Bertz CT molecular complexity index is 563. The van der Waals surface area contributed by atoms with Gasteiger partial charge in [-0.05, 0) is 42.3 Å². The van der Waals surface area contributed by atoms with Crippen LogP contribution in [0.25, 0.3) is 0 Å². The van der Waals surface area contributed by atoms with E-state index >= 15 is 0 Å². The Labute approximate surface area is 135 Å². The molecule has 0 bridgehead atoms. The number of nitrogens with one attached hydrogen (secondary N) is 1. The molecule has 3 N–H and O–H groups in total. The van der Waals surface area contributed by atoms with Crippen LogP contribution in [-0.4, -0.2) is 30.3 Å². The zero-order valence-electron chi connectivity index (χ0n) is 12.6. The molecule has 0 spiro atoms. The summed E-state index contributed by atoms with van der Waals surface area (Å²) in [5.74, 6) is 5.54. The van der Waals surface area contributed by atoms with Gasteiger partial charge in [0.15, 0.2) is 5.82 Å². The summed E-state index contributed by atoms with van der Waals surface area (Å²) in [6, 6.07) is 1.39. The number of hydrogen-bond donors (Lipinski definition) is 2. The minimum absolute atomic E-state index is 0.0876.